The van der Waals surface area contributed by atoms with E-state index in [-0.39, 0.29) is 11.9 Å². The van der Waals surface area contributed by atoms with E-state index in [9.17, 15) is 9.59 Å². The van der Waals surface area contributed by atoms with E-state index in [0.717, 1.165) is 38.5 Å². The van der Waals surface area contributed by atoms with Crippen LogP contribution in [0.2, 0.25) is 0 Å². The van der Waals surface area contributed by atoms with E-state index in [1.807, 2.05) is 0 Å². The summed E-state index contributed by atoms with van der Waals surface area (Å²) in [5, 5.41) is 0. The SMILES string of the molecule is CCCCC(C)COC(=O)c1ccc(C(=O)OCC(C)CCCC)cc1. The van der Waals surface area contributed by atoms with Gasteiger partial charge in [-0.3, -0.25) is 0 Å². The van der Waals surface area contributed by atoms with Crippen molar-refractivity contribution in [2.45, 2.75) is 66.2 Å². The molecular formula is C22H34O4. The van der Waals surface area contributed by atoms with E-state index in [0.29, 0.717) is 36.2 Å². The van der Waals surface area contributed by atoms with Gasteiger partial charge in [-0.2, -0.15) is 0 Å². The third-order valence-corrected chi connectivity index (χ3v) is 4.46. The number of carbonyl (C=O) groups excluding carboxylic acids is 2. The van der Waals surface area contributed by atoms with Gasteiger partial charge >= 0.3 is 11.9 Å². The van der Waals surface area contributed by atoms with E-state index in [2.05, 4.69) is 27.7 Å². The molecule has 0 fully saturated rings. The smallest absolute Gasteiger partial charge is 0.338 e. The molecule has 26 heavy (non-hydrogen) atoms. The van der Waals surface area contributed by atoms with Crippen LogP contribution in [0.1, 0.15) is 86.9 Å². The first-order chi connectivity index (χ1) is 12.5. The average molecular weight is 363 g/mol. The monoisotopic (exact) mass is 362 g/mol. The molecule has 0 aliphatic carbocycles. The average Bonchev–Trinajstić information content (AvgIpc) is 2.66. The van der Waals surface area contributed by atoms with Crippen molar-refractivity contribution in [3.8, 4) is 0 Å². The molecule has 0 aliphatic heterocycles. The predicted octanol–water partition coefficient (Wildman–Crippen LogP) is 5.65. The first-order valence-corrected chi connectivity index (χ1v) is 9.92. The number of benzene rings is 1. The molecule has 146 valence electrons. The summed E-state index contributed by atoms with van der Waals surface area (Å²) in [5.41, 5.74) is 0.918. The van der Waals surface area contributed by atoms with Gasteiger partial charge in [-0.05, 0) is 48.9 Å². The van der Waals surface area contributed by atoms with E-state index in [1.165, 1.54) is 0 Å². The molecule has 0 spiro atoms. The van der Waals surface area contributed by atoms with E-state index in [4.69, 9.17) is 9.47 Å². The number of carbonyl (C=O) groups is 2. The second-order valence-corrected chi connectivity index (χ2v) is 7.27. The summed E-state index contributed by atoms with van der Waals surface area (Å²) in [6.07, 6.45) is 6.70. The van der Waals surface area contributed by atoms with Crippen LogP contribution in [-0.2, 0) is 9.47 Å². The molecule has 0 aliphatic rings. The molecule has 1 aromatic rings. The number of rotatable bonds is 12. The fourth-order valence-electron chi connectivity index (χ4n) is 2.62. The minimum Gasteiger partial charge on any atom is -0.462 e. The minimum absolute atomic E-state index is 0.346. The summed E-state index contributed by atoms with van der Waals surface area (Å²) in [4.78, 5) is 24.2. The molecule has 0 saturated carbocycles. The van der Waals surface area contributed by atoms with E-state index >= 15 is 0 Å². The molecule has 0 amide bonds. The van der Waals surface area contributed by atoms with Gasteiger partial charge in [0.1, 0.15) is 0 Å². The Kier molecular flexibility index (Phi) is 10.7. The number of unbranched alkanes of at least 4 members (excludes halogenated alkanes) is 2. The van der Waals surface area contributed by atoms with Crippen molar-refractivity contribution in [1.29, 1.82) is 0 Å². The molecule has 4 heteroatoms. The highest BCUT2D eigenvalue weighted by Crippen LogP contribution is 2.13. The van der Waals surface area contributed by atoms with Gasteiger partial charge in [0.05, 0.1) is 24.3 Å². The number of hydrogen-bond donors (Lipinski definition) is 0. The van der Waals surface area contributed by atoms with Crippen LogP contribution in [0, 0.1) is 11.8 Å². The van der Waals surface area contributed by atoms with Crippen LogP contribution in [0.3, 0.4) is 0 Å². The van der Waals surface area contributed by atoms with Gasteiger partial charge in [-0.25, -0.2) is 9.59 Å². The molecule has 0 N–H and O–H groups in total. The maximum atomic E-state index is 12.1. The summed E-state index contributed by atoms with van der Waals surface area (Å²) < 4.78 is 10.7. The normalized spacial score (nSPS) is 13.1. The van der Waals surface area contributed by atoms with Gasteiger partial charge in [0.15, 0.2) is 0 Å². The van der Waals surface area contributed by atoms with Gasteiger partial charge in [-0.1, -0.05) is 53.4 Å². The lowest BCUT2D eigenvalue weighted by Crippen LogP contribution is -2.14. The van der Waals surface area contributed by atoms with E-state index < -0.39 is 0 Å². The van der Waals surface area contributed by atoms with Crippen LogP contribution in [0.5, 0.6) is 0 Å². The van der Waals surface area contributed by atoms with Crippen LogP contribution >= 0.6 is 0 Å². The zero-order chi connectivity index (χ0) is 19.4. The predicted molar refractivity (Wildman–Crippen MR) is 104 cm³/mol. The lowest BCUT2D eigenvalue weighted by atomic mass is 10.1. The Balaban J connectivity index is 2.44. The molecule has 1 aromatic carbocycles. The second-order valence-electron chi connectivity index (χ2n) is 7.27. The number of hydrogen-bond acceptors (Lipinski definition) is 4. The number of esters is 2. The lowest BCUT2D eigenvalue weighted by molar-refractivity contribution is 0.0429. The van der Waals surface area contributed by atoms with Crippen molar-refractivity contribution in [2.24, 2.45) is 11.8 Å². The topological polar surface area (TPSA) is 52.6 Å². The standard InChI is InChI=1S/C22H34O4/c1-5-7-9-17(3)15-25-21(23)19-11-13-20(14-12-19)22(24)26-16-18(4)10-8-6-2/h11-14,17-18H,5-10,15-16H2,1-4H3. The van der Waals surface area contributed by atoms with Crippen molar-refractivity contribution in [3.05, 3.63) is 35.4 Å². The molecule has 0 saturated heterocycles. The largest absolute Gasteiger partial charge is 0.462 e. The summed E-state index contributed by atoms with van der Waals surface area (Å²) in [5.74, 6) is 0.0357. The molecule has 0 heterocycles. The van der Waals surface area contributed by atoms with Crippen molar-refractivity contribution >= 4 is 11.9 Å². The first kappa shape index (κ1) is 22.2. The van der Waals surface area contributed by atoms with Gasteiger partial charge in [-0.15, -0.1) is 0 Å². The molecule has 0 aromatic heterocycles. The van der Waals surface area contributed by atoms with Crippen LogP contribution in [0.15, 0.2) is 24.3 Å². The van der Waals surface area contributed by atoms with Crippen molar-refractivity contribution in [2.75, 3.05) is 13.2 Å². The Morgan fingerprint density at radius 3 is 1.42 bits per heavy atom. The molecular weight excluding hydrogens is 328 g/mol. The second kappa shape index (κ2) is 12.5. The fraction of sp³-hybridized carbons (Fsp3) is 0.636. The summed E-state index contributed by atoms with van der Waals surface area (Å²) in [7, 11) is 0. The lowest BCUT2D eigenvalue weighted by Gasteiger charge is -2.12. The Hall–Kier alpha value is -1.84. The van der Waals surface area contributed by atoms with E-state index in [1.54, 1.807) is 24.3 Å². The first-order valence-electron chi connectivity index (χ1n) is 9.92. The zero-order valence-corrected chi connectivity index (χ0v) is 16.8. The Morgan fingerprint density at radius 2 is 1.12 bits per heavy atom. The summed E-state index contributed by atoms with van der Waals surface area (Å²) in [6, 6.07) is 6.48. The Bertz CT molecular complexity index is 487. The quantitative estimate of drug-likeness (QED) is 0.451. The molecule has 2 atom stereocenters. The molecule has 2 unspecified atom stereocenters. The number of ether oxygens (including phenoxy) is 2. The maximum absolute atomic E-state index is 12.1. The molecule has 4 nitrogen and oxygen atoms in total. The van der Waals surface area contributed by atoms with Gasteiger partial charge in [0.25, 0.3) is 0 Å². The maximum Gasteiger partial charge on any atom is 0.338 e. The highest BCUT2D eigenvalue weighted by atomic mass is 16.5. The van der Waals surface area contributed by atoms with Crippen molar-refractivity contribution in [1.82, 2.24) is 0 Å². The summed E-state index contributed by atoms with van der Waals surface area (Å²) >= 11 is 0. The van der Waals surface area contributed by atoms with Crippen LogP contribution in [-0.4, -0.2) is 25.2 Å². The minimum atomic E-state index is -0.346. The van der Waals surface area contributed by atoms with Crippen molar-refractivity contribution < 1.29 is 19.1 Å². The molecule has 1 rings (SSSR count). The van der Waals surface area contributed by atoms with Gasteiger partial charge < -0.3 is 9.47 Å². The Morgan fingerprint density at radius 1 is 0.769 bits per heavy atom. The highest BCUT2D eigenvalue weighted by molar-refractivity contribution is 5.93. The zero-order valence-electron chi connectivity index (χ0n) is 16.8. The van der Waals surface area contributed by atoms with Gasteiger partial charge in [0.2, 0.25) is 0 Å². The Labute approximate surface area is 158 Å². The molecule has 0 radical (unpaired) electrons. The van der Waals surface area contributed by atoms with Crippen LogP contribution < -0.4 is 0 Å². The fourth-order valence-corrected chi connectivity index (χ4v) is 2.62. The van der Waals surface area contributed by atoms with Crippen LogP contribution in [0.25, 0.3) is 0 Å². The third kappa shape index (κ3) is 8.50. The van der Waals surface area contributed by atoms with Crippen LogP contribution in [0.4, 0.5) is 0 Å². The van der Waals surface area contributed by atoms with Gasteiger partial charge in [0, 0.05) is 0 Å². The molecule has 0 bridgehead atoms. The summed E-state index contributed by atoms with van der Waals surface area (Å²) in [6.45, 7) is 9.33. The third-order valence-electron chi connectivity index (χ3n) is 4.46. The van der Waals surface area contributed by atoms with Crippen molar-refractivity contribution in [3.63, 3.8) is 0 Å². The highest BCUT2D eigenvalue weighted by Gasteiger charge is 2.13.